The van der Waals surface area contributed by atoms with Crippen molar-refractivity contribution in [1.29, 1.82) is 0 Å². The van der Waals surface area contributed by atoms with Gasteiger partial charge in [0.05, 0.1) is 5.69 Å². The van der Waals surface area contributed by atoms with Crippen molar-refractivity contribution >= 4 is 17.3 Å². The average Bonchev–Trinajstić information content (AvgIpc) is 3.05. The Bertz CT molecular complexity index is 711. The molecular weight excluding hydrogens is 274 g/mol. The number of imidazole rings is 1. The number of aromatic nitrogens is 2. The summed E-state index contributed by atoms with van der Waals surface area (Å²) in [6.45, 7) is 5.72. The summed E-state index contributed by atoms with van der Waals surface area (Å²) in [5.41, 5.74) is 2.41. The summed E-state index contributed by atoms with van der Waals surface area (Å²) in [6, 6.07) is 9.31. The van der Waals surface area contributed by atoms with Gasteiger partial charge in [-0.25, -0.2) is 9.78 Å². The second-order valence-electron chi connectivity index (χ2n) is 4.70. The van der Waals surface area contributed by atoms with E-state index >= 15 is 0 Å². The molecular formula is C18H19N3O. The average molecular weight is 293 g/mol. The zero-order valence-corrected chi connectivity index (χ0v) is 12.8. The van der Waals surface area contributed by atoms with E-state index in [0.29, 0.717) is 5.69 Å². The Morgan fingerprint density at radius 3 is 2.68 bits per heavy atom. The molecule has 0 aliphatic heterocycles. The number of hydrogen-bond donors (Lipinski definition) is 0. The van der Waals surface area contributed by atoms with E-state index in [4.69, 9.17) is 0 Å². The van der Waals surface area contributed by atoms with Gasteiger partial charge in [-0.1, -0.05) is 49.1 Å². The van der Waals surface area contributed by atoms with Gasteiger partial charge in [0.25, 0.3) is 0 Å². The topological polar surface area (TPSA) is 38.1 Å². The third-order valence-corrected chi connectivity index (χ3v) is 3.22. The molecule has 2 aromatic rings. The number of anilines is 1. The highest BCUT2D eigenvalue weighted by Gasteiger charge is 2.14. The van der Waals surface area contributed by atoms with Crippen molar-refractivity contribution in [3.05, 3.63) is 79.4 Å². The summed E-state index contributed by atoms with van der Waals surface area (Å²) >= 11 is 0. The zero-order chi connectivity index (χ0) is 15.9. The molecule has 0 saturated carbocycles. The Labute approximate surface area is 130 Å². The summed E-state index contributed by atoms with van der Waals surface area (Å²) in [7, 11) is 1.74. The second kappa shape index (κ2) is 7.22. The van der Waals surface area contributed by atoms with Crippen LogP contribution in [0.3, 0.4) is 0 Å². The quantitative estimate of drug-likeness (QED) is 0.795. The Balaban J connectivity index is 2.24. The van der Waals surface area contributed by atoms with Crippen LogP contribution in [0.5, 0.6) is 0 Å². The van der Waals surface area contributed by atoms with Crippen LogP contribution < -0.4 is 4.90 Å². The summed E-state index contributed by atoms with van der Waals surface area (Å²) < 4.78 is 1.47. The van der Waals surface area contributed by atoms with Crippen molar-refractivity contribution < 1.29 is 4.79 Å². The van der Waals surface area contributed by atoms with Crippen LogP contribution >= 0.6 is 0 Å². The Morgan fingerprint density at radius 1 is 1.32 bits per heavy atom. The maximum atomic E-state index is 12.5. The van der Waals surface area contributed by atoms with Gasteiger partial charge < -0.3 is 0 Å². The van der Waals surface area contributed by atoms with E-state index in [1.54, 1.807) is 24.2 Å². The van der Waals surface area contributed by atoms with Crippen molar-refractivity contribution in [2.75, 3.05) is 11.9 Å². The monoisotopic (exact) mass is 293 g/mol. The lowest BCUT2D eigenvalue weighted by Crippen LogP contribution is -2.30. The largest absolute Gasteiger partial charge is 0.333 e. The third kappa shape index (κ3) is 3.41. The molecule has 112 valence electrons. The molecule has 4 nitrogen and oxygen atoms in total. The molecule has 22 heavy (non-hydrogen) atoms. The maximum Gasteiger partial charge on any atom is 0.333 e. The summed E-state index contributed by atoms with van der Waals surface area (Å²) in [4.78, 5) is 18.3. The van der Waals surface area contributed by atoms with Crippen LogP contribution in [0.25, 0.3) is 5.57 Å². The molecule has 0 atom stereocenters. The highest BCUT2D eigenvalue weighted by Crippen LogP contribution is 2.16. The highest BCUT2D eigenvalue weighted by atomic mass is 16.2. The molecule has 1 heterocycles. The molecule has 1 amide bonds. The summed E-state index contributed by atoms with van der Waals surface area (Å²) in [5, 5.41) is 0. The molecule has 0 N–H and O–H groups in total. The molecule has 1 aromatic heterocycles. The number of carbonyl (C=O) groups excluding carboxylic acids is 1. The molecule has 0 aliphatic rings. The van der Waals surface area contributed by atoms with Gasteiger partial charge in [-0.15, -0.1) is 0 Å². The number of amides is 1. The van der Waals surface area contributed by atoms with E-state index in [0.717, 1.165) is 11.3 Å². The van der Waals surface area contributed by atoms with Crippen molar-refractivity contribution in [1.82, 2.24) is 9.55 Å². The van der Waals surface area contributed by atoms with Gasteiger partial charge in [-0.05, 0) is 19.1 Å². The van der Waals surface area contributed by atoms with Gasteiger partial charge in [0, 0.05) is 24.5 Å². The van der Waals surface area contributed by atoms with Gasteiger partial charge >= 0.3 is 6.03 Å². The van der Waals surface area contributed by atoms with Gasteiger partial charge in [0.1, 0.15) is 6.33 Å². The SMILES string of the molecule is C=CC(=CC=CC)c1cn(C(=O)N(C)c2ccccc2)cn1. The van der Waals surface area contributed by atoms with Crippen molar-refractivity contribution in [3.8, 4) is 0 Å². The summed E-state index contributed by atoms with van der Waals surface area (Å²) in [6.07, 6.45) is 10.7. The minimum Gasteiger partial charge on any atom is -0.297 e. The standard InChI is InChI=1S/C18H19N3O/c1-4-6-10-15(5-2)17-13-21(14-19-17)18(22)20(3)16-11-8-7-9-12-16/h4-14H,2H2,1,3H3. The lowest BCUT2D eigenvalue weighted by atomic mass is 10.2. The minimum absolute atomic E-state index is 0.167. The molecule has 2 rings (SSSR count). The van der Waals surface area contributed by atoms with Crippen LogP contribution in [0.15, 0.2) is 73.7 Å². The lowest BCUT2D eigenvalue weighted by Gasteiger charge is -2.16. The predicted octanol–water partition coefficient (Wildman–Crippen LogP) is 4.13. The third-order valence-electron chi connectivity index (χ3n) is 3.22. The maximum absolute atomic E-state index is 12.5. The van der Waals surface area contributed by atoms with E-state index < -0.39 is 0 Å². The summed E-state index contributed by atoms with van der Waals surface area (Å²) in [5.74, 6) is 0. The predicted molar refractivity (Wildman–Crippen MR) is 90.9 cm³/mol. The molecule has 0 spiro atoms. The number of nitrogens with zero attached hydrogens (tertiary/aromatic N) is 3. The Hall–Kier alpha value is -2.88. The van der Waals surface area contributed by atoms with Crippen molar-refractivity contribution in [2.24, 2.45) is 0 Å². The first kappa shape index (κ1) is 15.5. The smallest absolute Gasteiger partial charge is 0.297 e. The Morgan fingerprint density at radius 2 is 2.05 bits per heavy atom. The van der Waals surface area contributed by atoms with Gasteiger partial charge in [0.15, 0.2) is 0 Å². The van der Waals surface area contributed by atoms with Crippen molar-refractivity contribution in [3.63, 3.8) is 0 Å². The Kier molecular flexibility index (Phi) is 5.09. The van der Waals surface area contributed by atoms with E-state index in [2.05, 4.69) is 11.6 Å². The number of para-hydroxylation sites is 1. The minimum atomic E-state index is -0.167. The van der Waals surface area contributed by atoms with E-state index in [1.807, 2.05) is 55.5 Å². The number of benzene rings is 1. The fraction of sp³-hybridized carbons (Fsp3) is 0.111. The fourth-order valence-corrected chi connectivity index (χ4v) is 1.97. The van der Waals surface area contributed by atoms with Gasteiger partial charge in [-0.2, -0.15) is 0 Å². The molecule has 0 fully saturated rings. The highest BCUT2D eigenvalue weighted by molar-refractivity contribution is 5.93. The van der Waals surface area contributed by atoms with E-state index in [-0.39, 0.29) is 6.03 Å². The molecule has 0 saturated heterocycles. The van der Waals surface area contributed by atoms with Crippen LogP contribution in [0.4, 0.5) is 10.5 Å². The van der Waals surface area contributed by atoms with E-state index in [1.165, 1.54) is 10.9 Å². The fourth-order valence-electron chi connectivity index (χ4n) is 1.97. The number of carbonyl (C=O) groups is 1. The van der Waals surface area contributed by atoms with E-state index in [9.17, 15) is 4.79 Å². The van der Waals surface area contributed by atoms with Gasteiger partial charge in [0.2, 0.25) is 0 Å². The second-order valence-corrected chi connectivity index (χ2v) is 4.70. The first-order valence-electron chi connectivity index (χ1n) is 7.00. The molecule has 0 unspecified atom stereocenters. The number of allylic oxidation sites excluding steroid dienone is 5. The molecule has 0 radical (unpaired) electrons. The van der Waals surface area contributed by atoms with Crippen LogP contribution in [-0.2, 0) is 0 Å². The first-order chi connectivity index (χ1) is 10.7. The normalized spacial score (nSPS) is 11.6. The number of rotatable bonds is 4. The zero-order valence-electron chi connectivity index (χ0n) is 12.8. The molecule has 1 aromatic carbocycles. The van der Waals surface area contributed by atoms with Crippen LogP contribution in [-0.4, -0.2) is 22.6 Å². The lowest BCUT2D eigenvalue weighted by molar-refractivity contribution is 0.249. The van der Waals surface area contributed by atoms with Crippen molar-refractivity contribution in [2.45, 2.75) is 6.92 Å². The first-order valence-corrected chi connectivity index (χ1v) is 7.00. The molecule has 0 aliphatic carbocycles. The van der Waals surface area contributed by atoms with Gasteiger partial charge in [-0.3, -0.25) is 9.47 Å². The molecule has 0 bridgehead atoms. The molecule has 4 heteroatoms. The van der Waals surface area contributed by atoms with Crippen LogP contribution in [0.1, 0.15) is 12.6 Å². The van der Waals surface area contributed by atoms with Crippen LogP contribution in [0, 0.1) is 0 Å². The number of hydrogen-bond acceptors (Lipinski definition) is 2. The van der Waals surface area contributed by atoms with Crippen LogP contribution in [0.2, 0.25) is 0 Å².